The van der Waals surface area contributed by atoms with E-state index in [-0.39, 0.29) is 12.3 Å². The number of halogens is 2. The molecule has 0 aliphatic carbocycles. The molecule has 0 aromatic heterocycles. The Morgan fingerprint density at radius 3 is 2.62 bits per heavy atom. The van der Waals surface area contributed by atoms with E-state index in [0.717, 1.165) is 23.2 Å². The summed E-state index contributed by atoms with van der Waals surface area (Å²) in [6.45, 7) is 2.52. The van der Waals surface area contributed by atoms with Crippen molar-refractivity contribution >= 4 is 41.1 Å². The second kappa shape index (κ2) is 8.21. The van der Waals surface area contributed by atoms with Crippen molar-refractivity contribution in [2.24, 2.45) is 0 Å². The predicted molar refractivity (Wildman–Crippen MR) is 103 cm³/mol. The van der Waals surface area contributed by atoms with Crippen molar-refractivity contribution in [2.75, 3.05) is 11.4 Å². The van der Waals surface area contributed by atoms with E-state index in [4.69, 9.17) is 27.9 Å². The van der Waals surface area contributed by atoms with Gasteiger partial charge in [-0.25, -0.2) is 0 Å². The van der Waals surface area contributed by atoms with E-state index in [0.29, 0.717) is 22.9 Å². The number of carbonyl (C=O) groups is 2. The third kappa shape index (κ3) is 3.63. The van der Waals surface area contributed by atoms with Gasteiger partial charge in [-0.3, -0.25) is 4.79 Å². The number of hydrogen-bond acceptors (Lipinski definition) is 3. The van der Waals surface area contributed by atoms with Crippen LogP contribution in [0.4, 0.5) is 5.69 Å². The third-order valence-corrected chi connectivity index (χ3v) is 4.93. The first-order chi connectivity index (χ1) is 12.6. The van der Waals surface area contributed by atoms with Crippen LogP contribution in [-0.2, 0) is 14.3 Å². The smallest absolute Gasteiger partial charge is 0.256 e. The topological polar surface area (TPSA) is 46.6 Å². The second-order valence-corrected chi connectivity index (χ2v) is 6.97. The molecule has 1 amide bonds. The Morgan fingerprint density at radius 2 is 1.92 bits per heavy atom. The highest BCUT2D eigenvalue weighted by Gasteiger charge is 2.36. The van der Waals surface area contributed by atoms with Crippen molar-refractivity contribution in [1.29, 1.82) is 0 Å². The Balaban J connectivity index is 2.20. The van der Waals surface area contributed by atoms with E-state index in [2.05, 4.69) is 0 Å². The molecule has 0 radical (unpaired) electrons. The lowest BCUT2D eigenvalue weighted by molar-refractivity contribution is -0.134. The normalized spacial score (nSPS) is 19.8. The van der Waals surface area contributed by atoms with E-state index in [1.807, 2.05) is 31.2 Å². The molecule has 1 heterocycles. The van der Waals surface area contributed by atoms with Gasteiger partial charge in [-0.05, 0) is 30.7 Å². The van der Waals surface area contributed by atoms with Crippen LogP contribution in [0.25, 0.3) is 0 Å². The minimum absolute atomic E-state index is 0.0122. The van der Waals surface area contributed by atoms with Crippen molar-refractivity contribution < 1.29 is 14.3 Å². The zero-order valence-corrected chi connectivity index (χ0v) is 15.8. The molecule has 3 rings (SSSR count). The van der Waals surface area contributed by atoms with Gasteiger partial charge in [0.05, 0.1) is 0 Å². The Labute approximate surface area is 162 Å². The van der Waals surface area contributed by atoms with Crippen LogP contribution in [0.1, 0.15) is 37.0 Å². The van der Waals surface area contributed by atoms with Gasteiger partial charge in [-0.2, -0.15) is 0 Å². The van der Waals surface area contributed by atoms with Gasteiger partial charge in [-0.1, -0.05) is 48.3 Å². The Hall–Kier alpha value is -1.88. The predicted octanol–water partition coefficient (Wildman–Crippen LogP) is 4.81. The molecule has 4 nitrogen and oxygen atoms in total. The average Bonchev–Trinajstić information content (AvgIpc) is 2.73. The summed E-state index contributed by atoms with van der Waals surface area (Å²) in [7, 11) is 0. The number of nitrogens with zero attached hydrogens (tertiary/aromatic N) is 1. The van der Waals surface area contributed by atoms with Crippen LogP contribution in [0.5, 0.6) is 0 Å². The Kier molecular flexibility index (Phi) is 5.97. The quantitative estimate of drug-likeness (QED) is 0.686. The van der Waals surface area contributed by atoms with Gasteiger partial charge in [0.15, 0.2) is 0 Å². The number of ether oxygens (including phenoxy) is 1. The summed E-state index contributed by atoms with van der Waals surface area (Å²) >= 11 is 12.6. The van der Waals surface area contributed by atoms with Gasteiger partial charge >= 0.3 is 0 Å². The minimum atomic E-state index is -0.869. The molecule has 1 aliphatic rings. The van der Waals surface area contributed by atoms with Gasteiger partial charge in [-0.15, -0.1) is 0 Å². The first-order valence-electron chi connectivity index (χ1n) is 8.51. The van der Waals surface area contributed by atoms with Crippen LogP contribution < -0.4 is 4.90 Å². The van der Waals surface area contributed by atoms with Crippen molar-refractivity contribution in [3.05, 3.63) is 63.6 Å². The molecule has 6 heteroatoms. The largest absolute Gasteiger partial charge is 0.355 e. The minimum Gasteiger partial charge on any atom is -0.355 e. The van der Waals surface area contributed by atoms with E-state index in [1.165, 1.54) is 0 Å². The number of carbonyl (C=O) groups excluding carboxylic acids is 2. The van der Waals surface area contributed by atoms with Crippen LogP contribution in [0.3, 0.4) is 0 Å². The summed E-state index contributed by atoms with van der Waals surface area (Å²) in [4.78, 5) is 25.8. The summed E-state index contributed by atoms with van der Waals surface area (Å²) in [5.41, 5.74) is 2.24. The zero-order valence-electron chi connectivity index (χ0n) is 14.3. The van der Waals surface area contributed by atoms with E-state index in [9.17, 15) is 9.59 Å². The number of amides is 1. The van der Waals surface area contributed by atoms with Crippen molar-refractivity contribution in [3.63, 3.8) is 0 Å². The molecule has 0 fully saturated rings. The molecule has 0 spiro atoms. The number of benzene rings is 2. The van der Waals surface area contributed by atoms with Crippen LogP contribution in [0, 0.1) is 0 Å². The fourth-order valence-electron chi connectivity index (χ4n) is 3.20. The summed E-state index contributed by atoms with van der Waals surface area (Å²) in [5.74, 6) is -0.225. The fraction of sp³-hybridized carbons (Fsp3) is 0.300. The monoisotopic (exact) mass is 391 g/mol. The van der Waals surface area contributed by atoms with Crippen molar-refractivity contribution in [3.8, 4) is 0 Å². The lowest BCUT2D eigenvalue weighted by Gasteiger charge is -2.24. The zero-order chi connectivity index (χ0) is 18.7. The molecule has 2 unspecified atom stereocenters. The van der Waals surface area contributed by atoms with Gasteiger partial charge in [0.1, 0.15) is 18.5 Å². The second-order valence-electron chi connectivity index (χ2n) is 6.12. The summed E-state index contributed by atoms with van der Waals surface area (Å²) in [5, 5.41) is 1.08. The van der Waals surface area contributed by atoms with Crippen LogP contribution in [0.15, 0.2) is 42.5 Å². The third-order valence-electron chi connectivity index (χ3n) is 4.35. The molecular weight excluding hydrogens is 373 g/mol. The van der Waals surface area contributed by atoms with E-state index >= 15 is 0 Å². The van der Waals surface area contributed by atoms with Gasteiger partial charge in [0.25, 0.3) is 5.91 Å². The molecule has 2 atom stereocenters. The van der Waals surface area contributed by atoms with Crippen LogP contribution >= 0.6 is 23.2 Å². The SMILES string of the molecule is CCCN1C(=O)C(CC=O)OC(c2ccccc2Cl)c2cc(Cl)ccc21. The Morgan fingerprint density at radius 1 is 1.15 bits per heavy atom. The number of hydrogen-bond donors (Lipinski definition) is 0. The highest BCUT2D eigenvalue weighted by molar-refractivity contribution is 6.31. The van der Waals surface area contributed by atoms with Crippen molar-refractivity contribution in [1.82, 2.24) is 0 Å². The lowest BCUT2D eigenvalue weighted by Crippen LogP contribution is -2.40. The average molecular weight is 392 g/mol. The standard InChI is InChI=1S/C20H19Cl2NO3/c1-2-10-23-17-8-7-13(21)12-15(17)19(14-5-3-4-6-16(14)22)26-18(9-11-24)20(23)25/h3-8,11-12,18-19H,2,9-10H2,1H3. The van der Waals surface area contributed by atoms with Gasteiger partial charge < -0.3 is 14.4 Å². The molecule has 0 saturated carbocycles. The van der Waals surface area contributed by atoms with Crippen LogP contribution in [0.2, 0.25) is 10.0 Å². The summed E-state index contributed by atoms with van der Waals surface area (Å²) in [6.07, 6.45) is 0.0130. The molecule has 0 saturated heterocycles. The number of rotatable bonds is 5. The van der Waals surface area contributed by atoms with Crippen molar-refractivity contribution in [2.45, 2.75) is 32.0 Å². The van der Waals surface area contributed by atoms with E-state index < -0.39 is 12.2 Å². The number of fused-ring (bicyclic) bond motifs is 1. The maximum absolute atomic E-state index is 13.0. The summed E-state index contributed by atoms with van der Waals surface area (Å²) in [6, 6.07) is 12.7. The lowest BCUT2D eigenvalue weighted by atomic mass is 9.99. The molecule has 1 aliphatic heterocycles. The van der Waals surface area contributed by atoms with Crippen LogP contribution in [-0.4, -0.2) is 24.8 Å². The molecule has 136 valence electrons. The molecular formula is C20H19Cl2NO3. The Bertz CT molecular complexity index is 824. The fourth-order valence-corrected chi connectivity index (χ4v) is 3.61. The molecule has 2 aromatic rings. The number of aldehydes is 1. The van der Waals surface area contributed by atoms with Gasteiger partial charge in [0.2, 0.25) is 0 Å². The molecule has 0 N–H and O–H groups in total. The molecule has 26 heavy (non-hydrogen) atoms. The molecule has 0 bridgehead atoms. The summed E-state index contributed by atoms with van der Waals surface area (Å²) < 4.78 is 6.12. The first-order valence-corrected chi connectivity index (χ1v) is 9.26. The maximum Gasteiger partial charge on any atom is 0.256 e. The molecule has 2 aromatic carbocycles. The highest BCUT2D eigenvalue weighted by atomic mass is 35.5. The number of anilines is 1. The van der Waals surface area contributed by atoms with Gasteiger partial charge in [0, 0.05) is 39.8 Å². The highest BCUT2D eigenvalue weighted by Crippen LogP contribution is 2.41. The first kappa shape index (κ1) is 18.9. The van der Waals surface area contributed by atoms with E-state index in [1.54, 1.807) is 23.1 Å². The maximum atomic E-state index is 13.0.